The van der Waals surface area contributed by atoms with Crippen LogP contribution in [0.4, 0.5) is 4.79 Å². The number of hydrogen-bond acceptors (Lipinski definition) is 6. The van der Waals surface area contributed by atoms with Crippen molar-refractivity contribution in [2.24, 2.45) is 0 Å². The van der Waals surface area contributed by atoms with Crippen LogP contribution in [0.1, 0.15) is 80.7 Å². The van der Waals surface area contributed by atoms with Crippen LogP contribution >= 0.6 is 0 Å². The molecule has 0 bridgehead atoms. The molecule has 5 aromatic carbocycles. The first kappa shape index (κ1) is 41.2. The largest absolute Gasteiger partial charge is 0.488 e. The number of carbonyl (C=O) groups excluding carboxylic acids is 2. The van der Waals surface area contributed by atoms with Gasteiger partial charge in [-0.15, -0.1) is 0 Å². The van der Waals surface area contributed by atoms with Crippen molar-refractivity contribution in [1.82, 2.24) is 10.2 Å². The van der Waals surface area contributed by atoms with E-state index in [2.05, 4.69) is 53.8 Å². The molecule has 6 rings (SSSR count). The molecule has 0 saturated heterocycles. The van der Waals surface area contributed by atoms with E-state index in [0.29, 0.717) is 26.2 Å². The Morgan fingerprint density at radius 1 is 0.702 bits per heavy atom. The molecule has 0 fully saturated rings. The lowest BCUT2D eigenvalue weighted by atomic mass is 9.88. The lowest BCUT2D eigenvalue weighted by Crippen LogP contribution is -2.52. The Labute approximate surface area is 338 Å². The zero-order valence-electron chi connectivity index (χ0n) is 33.9. The van der Waals surface area contributed by atoms with Crippen LogP contribution in [0.15, 0.2) is 133 Å². The number of carbonyl (C=O) groups is 2. The second kappa shape index (κ2) is 19.6. The van der Waals surface area contributed by atoms with Gasteiger partial charge in [-0.2, -0.15) is 0 Å². The fraction of sp³-hybridized carbons (Fsp3) is 0.347. The van der Waals surface area contributed by atoms with Crippen molar-refractivity contribution in [3.05, 3.63) is 161 Å². The maximum atomic E-state index is 15.0. The summed E-state index contributed by atoms with van der Waals surface area (Å²) in [5.74, 6) is 0.395. The molecule has 0 unspecified atom stereocenters. The number of benzene rings is 5. The van der Waals surface area contributed by atoms with Gasteiger partial charge >= 0.3 is 6.09 Å². The molecule has 0 radical (unpaired) electrons. The highest BCUT2D eigenvalue weighted by Gasteiger charge is 2.32. The molecule has 8 heteroatoms. The summed E-state index contributed by atoms with van der Waals surface area (Å²) >= 11 is 0. The number of nitrogens with one attached hydrogen (secondary N) is 1. The number of fused-ring (bicyclic) bond motifs is 3. The first-order valence-electron chi connectivity index (χ1n) is 20.1. The van der Waals surface area contributed by atoms with Gasteiger partial charge in [-0.3, -0.25) is 4.79 Å². The molecular weight excluding hydrogens is 713 g/mol. The highest BCUT2D eigenvalue weighted by Crippen LogP contribution is 2.44. The predicted octanol–water partition coefficient (Wildman–Crippen LogP) is 9.76. The van der Waals surface area contributed by atoms with Gasteiger partial charge in [-0.1, -0.05) is 121 Å². The Kier molecular flexibility index (Phi) is 14.2. The van der Waals surface area contributed by atoms with Gasteiger partial charge in [-0.25, -0.2) is 4.79 Å². The highest BCUT2D eigenvalue weighted by molar-refractivity contribution is 5.86. The fourth-order valence-corrected chi connectivity index (χ4v) is 7.66. The number of ether oxygens (including phenoxy) is 4. The van der Waals surface area contributed by atoms with E-state index in [1.54, 1.807) is 4.90 Å². The van der Waals surface area contributed by atoms with E-state index < -0.39 is 18.4 Å². The number of hydrogen-bond donors (Lipinski definition) is 1. The summed E-state index contributed by atoms with van der Waals surface area (Å²) in [6.07, 6.45) is -0.411. The summed E-state index contributed by atoms with van der Waals surface area (Å²) in [5, 5.41) is 2.99. The van der Waals surface area contributed by atoms with Crippen LogP contribution in [-0.4, -0.2) is 67.7 Å². The molecule has 0 aromatic heterocycles. The van der Waals surface area contributed by atoms with Crippen LogP contribution in [0.25, 0.3) is 11.1 Å². The van der Waals surface area contributed by atoms with E-state index in [9.17, 15) is 9.59 Å². The lowest BCUT2D eigenvalue weighted by molar-refractivity contribution is -0.160. The van der Waals surface area contributed by atoms with E-state index in [1.807, 2.05) is 120 Å². The third-order valence-electron chi connectivity index (χ3n) is 10.2. The third kappa shape index (κ3) is 11.1. The second-order valence-electron chi connectivity index (χ2n) is 15.4. The highest BCUT2D eigenvalue weighted by atomic mass is 16.7. The molecule has 1 aliphatic carbocycles. The predicted molar refractivity (Wildman–Crippen MR) is 225 cm³/mol. The summed E-state index contributed by atoms with van der Waals surface area (Å²) in [6.45, 7) is 11.4. The lowest BCUT2D eigenvalue weighted by Gasteiger charge is -2.32. The summed E-state index contributed by atoms with van der Waals surface area (Å²) in [4.78, 5) is 30.6. The molecule has 1 atom stereocenters. The van der Waals surface area contributed by atoms with E-state index in [4.69, 9.17) is 18.9 Å². The Morgan fingerprint density at radius 3 is 1.75 bits per heavy atom. The zero-order chi connectivity index (χ0) is 40.2. The van der Waals surface area contributed by atoms with Crippen molar-refractivity contribution in [1.29, 1.82) is 0 Å². The number of alkyl carbamates (subject to hydrolysis) is 1. The van der Waals surface area contributed by atoms with Crippen molar-refractivity contribution < 1.29 is 28.5 Å². The molecule has 8 nitrogen and oxygen atoms in total. The van der Waals surface area contributed by atoms with Crippen molar-refractivity contribution in [3.8, 4) is 16.9 Å². The van der Waals surface area contributed by atoms with Crippen molar-refractivity contribution >= 4 is 12.0 Å². The Bertz CT molecular complexity index is 1940. The third-order valence-corrected chi connectivity index (χ3v) is 10.2. The minimum atomic E-state index is -0.939. The van der Waals surface area contributed by atoms with Crippen LogP contribution in [0.3, 0.4) is 0 Å². The first-order chi connectivity index (χ1) is 27.6. The maximum Gasteiger partial charge on any atom is 0.407 e. The Balaban J connectivity index is 1.27. The second-order valence-corrected chi connectivity index (χ2v) is 15.4. The van der Waals surface area contributed by atoms with Gasteiger partial charge in [0, 0.05) is 38.0 Å². The summed E-state index contributed by atoms with van der Waals surface area (Å²) < 4.78 is 24.0. The fourth-order valence-electron chi connectivity index (χ4n) is 7.66. The molecule has 1 aliphatic rings. The standard InChI is InChI=1S/C49H56N2O6/c1-6-54-46(55-7-2)33-51(31-30-39(36-18-10-8-11-19-36)37-20-12-9-13-21-37)47(52)45(32-35-26-28-38(29-27-35)57-49(3,4)5)50-48(53)56-34-44-42-24-16-14-22-40(42)41-23-15-17-25-43(41)44/h8-29,39,44-46H,6-7,30-34H2,1-5H3,(H,50,53)/t45-/m0/s1. The van der Waals surface area contributed by atoms with E-state index in [0.717, 1.165) is 44.7 Å². The van der Waals surface area contributed by atoms with Crippen molar-refractivity contribution in [2.45, 2.75) is 77.2 Å². The molecule has 5 aromatic rings. The monoisotopic (exact) mass is 768 g/mol. The normalized spacial score (nSPS) is 12.9. The average molecular weight is 769 g/mol. The average Bonchev–Trinajstić information content (AvgIpc) is 3.53. The number of amides is 2. The molecule has 0 spiro atoms. The van der Waals surface area contributed by atoms with Crippen LogP contribution in [0.5, 0.6) is 5.75 Å². The van der Waals surface area contributed by atoms with Crippen LogP contribution in [-0.2, 0) is 25.4 Å². The van der Waals surface area contributed by atoms with Gasteiger partial charge in [0.05, 0.1) is 6.54 Å². The van der Waals surface area contributed by atoms with Gasteiger partial charge in [0.15, 0.2) is 6.29 Å². The molecule has 2 amide bonds. The van der Waals surface area contributed by atoms with Crippen LogP contribution in [0.2, 0.25) is 0 Å². The van der Waals surface area contributed by atoms with Crippen LogP contribution in [0, 0.1) is 0 Å². The molecular formula is C49H56N2O6. The van der Waals surface area contributed by atoms with Gasteiger partial charge in [-0.05, 0) is 92.1 Å². The molecule has 1 N–H and O–H groups in total. The quantitative estimate of drug-likeness (QED) is 0.0894. The smallest absolute Gasteiger partial charge is 0.407 e. The molecule has 0 saturated carbocycles. The summed E-state index contributed by atoms with van der Waals surface area (Å²) in [5.41, 5.74) is 7.35. The molecule has 298 valence electrons. The minimum Gasteiger partial charge on any atom is -0.488 e. The topological polar surface area (TPSA) is 86.3 Å². The molecule has 57 heavy (non-hydrogen) atoms. The van der Waals surface area contributed by atoms with Gasteiger partial charge in [0.1, 0.15) is 24.0 Å². The minimum absolute atomic E-state index is 0.0317. The summed E-state index contributed by atoms with van der Waals surface area (Å²) in [6, 6.07) is 43.9. The van der Waals surface area contributed by atoms with Crippen molar-refractivity contribution in [3.63, 3.8) is 0 Å². The van der Waals surface area contributed by atoms with Gasteiger partial charge < -0.3 is 29.2 Å². The van der Waals surface area contributed by atoms with E-state index in [1.165, 1.54) is 0 Å². The Morgan fingerprint density at radius 2 is 1.23 bits per heavy atom. The van der Waals surface area contributed by atoms with E-state index >= 15 is 0 Å². The van der Waals surface area contributed by atoms with Crippen LogP contribution < -0.4 is 10.1 Å². The van der Waals surface area contributed by atoms with E-state index in [-0.39, 0.29) is 42.9 Å². The Hall–Kier alpha value is -5.44. The SMILES string of the molecule is CCOC(CN(CCC(c1ccccc1)c1ccccc1)C(=O)[C@H](Cc1ccc(OC(C)(C)C)cc1)NC(=O)OCC1c2ccccc2-c2ccccc21)OCC. The first-order valence-corrected chi connectivity index (χ1v) is 20.1. The zero-order valence-corrected chi connectivity index (χ0v) is 33.9. The number of nitrogens with zero attached hydrogens (tertiary/aromatic N) is 1. The van der Waals surface area contributed by atoms with Gasteiger partial charge in [0.2, 0.25) is 5.91 Å². The van der Waals surface area contributed by atoms with Crippen molar-refractivity contribution in [2.75, 3.05) is 32.9 Å². The maximum absolute atomic E-state index is 15.0. The molecule has 0 aliphatic heterocycles. The molecule has 0 heterocycles. The van der Waals surface area contributed by atoms with Gasteiger partial charge in [0.25, 0.3) is 0 Å². The summed E-state index contributed by atoms with van der Waals surface area (Å²) in [7, 11) is 0. The number of rotatable bonds is 18.